The van der Waals surface area contributed by atoms with Crippen LogP contribution in [0.4, 0.5) is 0 Å². The third-order valence-corrected chi connectivity index (χ3v) is 6.92. The second-order valence-corrected chi connectivity index (χ2v) is 9.70. The van der Waals surface area contributed by atoms with Gasteiger partial charge in [-0.2, -0.15) is 0 Å². The molecule has 14 unspecified atom stereocenters. The smallest absolute Gasteiger partial charge is 0.187 e. The molecular formula is C24H36O15. The first-order chi connectivity index (χ1) is 18.6. The summed E-state index contributed by atoms with van der Waals surface area (Å²) in [6.07, 6.45) is -21.4. The Labute approximate surface area is 223 Å². The number of aliphatic hydroxyl groups is 9. The fourth-order valence-corrected chi connectivity index (χ4v) is 4.52. The van der Waals surface area contributed by atoms with Crippen LogP contribution >= 0.6 is 0 Å². The maximum absolute atomic E-state index is 11.0. The molecule has 0 amide bonds. The van der Waals surface area contributed by atoms with Gasteiger partial charge in [-0.05, 0) is 5.56 Å². The van der Waals surface area contributed by atoms with E-state index < -0.39 is 99.2 Å². The lowest BCUT2D eigenvalue weighted by atomic mass is 9.97. The molecule has 0 radical (unpaired) electrons. The standard InChI is InChI=1S/C24H36O15/c25-6-12-15(28)17(30)20(33)23(37-12)39-21-18(31)16(29)13(9-36-22-19(32)14(27)11(26)8-35-22)38-24(21)34-7-10-4-2-1-3-5-10/h1-5,11-33H,6-9H2. The zero-order valence-electron chi connectivity index (χ0n) is 20.8. The topological polar surface area (TPSA) is 237 Å². The molecule has 3 heterocycles. The molecular weight excluding hydrogens is 528 g/mol. The van der Waals surface area contributed by atoms with Crippen LogP contribution in [-0.2, 0) is 35.0 Å². The van der Waals surface area contributed by atoms with E-state index in [-0.39, 0.29) is 13.2 Å². The minimum absolute atomic E-state index is 0.0228. The molecule has 0 saturated carbocycles. The molecule has 1 aromatic carbocycles. The average Bonchev–Trinajstić information content (AvgIpc) is 2.94. The second kappa shape index (κ2) is 13.5. The molecule has 14 atom stereocenters. The van der Waals surface area contributed by atoms with Gasteiger partial charge in [0, 0.05) is 0 Å². The van der Waals surface area contributed by atoms with E-state index >= 15 is 0 Å². The summed E-state index contributed by atoms with van der Waals surface area (Å²) in [6.45, 7) is -1.48. The van der Waals surface area contributed by atoms with Gasteiger partial charge in [0.05, 0.1) is 26.4 Å². The molecule has 39 heavy (non-hydrogen) atoms. The van der Waals surface area contributed by atoms with Crippen molar-refractivity contribution in [1.82, 2.24) is 0 Å². The second-order valence-electron chi connectivity index (χ2n) is 9.70. The molecule has 15 heteroatoms. The van der Waals surface area contributed by atoms with Crippen molar-refractivity contribution in [2.45, 2.75) is 92.6 Å². The van der Waals surface area contributed by atoms with Gasteiger partial charge in [-0.15, -0.1) is 0 Å². The van der Waals surface area contributed by atoms with Crippen LogP contribution in [0.5, 0.6) is 0 Å². The number of hydrogen-bond acceptors (Lipinski definition) is 15. The van der Waals surface area contributed by atoms with E-state index in [0.29, 0.717) is 0 Å². The fraction of sp³-hybridized carbons (Fsp3) is 0.750. The molecule has 0 bridgehead atoms. The Balaban J connectivity index is 1.47. The van der Waals surface area contributed by atoms with Crippen LogP contribution in [0, 0.1) is 0 Å². The van der Waals surface area contributed by atoms with Crippen molar-refractivity contribution < 1.29 is 74.4 Å². The Morgan fingerprint density at radius 1 is 0.667 bits per heavy atom. The monoisotopic (exact) mass is 564 g/mol. The van der Waals surface area contributed by atoms with E-state index in [9.17, 15) is 46.0 Å². The maximum Gasteiger partial charge on any atom is 0.187 e. The third-order valence-electron chi connectivity index (χ3n) is 6.92. The highest BCUT2D eigenvalue weighted by molar-refractivity contribution is 5.13. The van der Waals surface area contributed by atoms with Crippen molar-refractivity contribution in [2.24, 2.45) is 0 Å². The van der Waals surface area contributed by atoms with Crippen molar-refractivity contribution in [3.8, 4) is 0 Å². The van der Waals surface area contributed by atoms with Crippen molar-refractivity contribution in [3.63, 3.8) is 0 Å². The van der Waals surface area contributed by atoms with Crippen molar-refractivity contribution in [2.75, 3.05) is 19.8 Å². The number of aliphatic hydroxyl groups excluding tert-OH is 9. The zero-order valence-corrected chi connectivity index (χ0v) is 20.8. The van der Waals surface area contributed by atoms with Crippen LogP contribution < -0.4 is 0 Å². The minimum Gasteiger partial charge on any atom is -0.394 e. The van der Waals surface area contributed by atoms with Crippen LogP contribution in [0.15, 0.2) is 30.3 Å². The fourth-order valence-electron chi connectivity index (χ4n) is 4.52. The van der Waals surface area contributed by atoms with E-state index in [4.69, 9.17) is 28.4 Å². The highest BCUT2D eigenvalue weighted by Crippen LogP contribution is 2.31. The Hall–Kier alpha value is -1.38. The first kappa shape index (κ1) is 30.6. The summed E-state index contributed by atoms with van der Waals surface area (Å²) in [5.74, 6) is 0. The molecule has 9 N–H and O–H groups in total. The summed E-state index contributed by atoms with van der Waals surface area (Å²) in [7, 11) is 0. The van der Waals surface area contributed by atoms with E-state index in [1.54, 1.807) is 30.3 Å². The predicted molar refractivity (Wildman–Crippen MR) is 124 cm³/mol. The zero-order chi connectivity index (χ0) is 28.3. The molecule has 222 valence electrons. The van der Waals surface area contributed by atoms with Gasteiger partial charge in [0.1, 0.15) is 67.1 Å². The number of rotatable bonds is 9. The molecule has 3 aliphatic rings. The Bertz CT molecular complexity index is 876. The summed E-state index contributed by atoms with van der Waals surface area (Å²) in [5, 5.41) is 91.2. The molecule has 1 aromatic rings. The lowest BCUT2D eigenvalue weighted by molar-refractivity contribution is -0.372. The van der Waals surface area contributed by atoms with Crippen molar-refractivity contribution >= 4 is 0 Å². The number of hydrogen-bond donors (Lipinski definition) is 9. The lowest BCUT2D eigenvalue weighted by Crippen LogP contribution is -2.65. The summed E-state index contributed by atoms with van der Waals surface area (Å²) in [4.78, 5) is 0. The van der Waals surface area contributed by atoms with Gasteiger partial charge in [-0.3, -0.25) is 0 Å². The highest BCUT2D eigenvalue weighted by atomic mass is 16.8. The number of ether oxygens (including phenoxy) is 6. The van der Waals surface area contributed by atoms with Crippen LogP contribution in [0.3, 0.4) is 0 Å². The Morgan fingerprint density at radius 2 is 1.31 bits per heavy atom. The number of benzene rings is 1. The summed E-state index contributed by atoms with van der Waals surface area (Å²) in [6, 6.07) is 8.89. The van der Waals surface area contributed by atoms with Gasteiger partial charge in [0.2, 0.25) is 0 Å². The molecule has 0 aliphatic carbocycles. The average molecular weight is 565 g/mol. The van der Waals surface area contributed by atoms with Crippen molar-refractivity contribution in [3.05, 3.63) is 35.9 Å². The molecule has 3 aliphatic heterocycles. The molecule has 4 rings (SSSR count). The van der Waals surface area contributed by atoms with Gasteiger partial charge >= 0.3 is 0 Å². The molecule has 0 aromatic heterocycles. The largest absolute Gasteiger partial charge is 0.394 e. The third kappa shape index (κ3) is 6.92. The quantitative estimate of drug-likeness (QED) is 0.137. The van der Waals surface area contributed by atoms with E-state index in [2.05, 4.69) is 0 Å². The van der Waals surface area contributed by atoms with Gasteiger partial charge in [0.15, 0.2) is 18.9 Å². The first-order valence-corrected chi connectivity index (χ1v) is 12.5. The van der Waals surface area contributed by atoms with Gasteiger partial charge in [0.25, 0.3) is 0 Å². The Kier molecular flexibility index (Phi) is 10.6. The van der Waals surface area contributed by atoms with Gasteiger partial charge in [-0.1, -0.05) is 30.3 Å². The summed E-state index contributed by atoms with van der Waals surface area (Å²) >= 11 is 0. The molecule has 3 saturated heterocycles. The first-order valence-electron chi connectivity index (χ1n) is 12.5. The maximum atomic E-state index is 11.0. The van der Waals surface area contributed by atoms with E-state index in [1.165, 1.54) is 0 Å². The normalized spacial score (nSPS) is 45.3. The lowest BCUT2D eigenvalue weighted by Gasteiger charge is -2.46. The van der Waals surface area contributed by atoms with Crippen molar-refractivity contribution in [1.29, 1.82) is 0 Å². The van der Waals surface area contributed by atoms with Crippen LogP contribution in [0.25, 0.3) is 0 Å². The summed E-state index contributed by atoms with van der Waals surface area (Å²) in [5.41, 5.74) is 0.729. The minimum atomic E-state index is -1.78. The van der Waals surface area contributed by atoms with E-state index in [0.717, 1.165) is 5.56 Å². The predicted octanol–water partition coefficient (Wildman–Crippen LogP) is -4.71. The van der Waals surface area contributed by atoms with Crippen LogP contribution in [0.1, 0.15) is 5.56 Å². The van der Waals surface area contributed by atoms with E-state index in [1.807, 2.05) is 0 Å². The van der Waals surface area contributed by atoms with Crippen LogP contribution in [-0.4, -0.2) is 152 Å². The SMILES string of the molecule is OCC1OC(OC2C(OCc3ccccc3)OC(COC3OCC(O)C(O)C3O)C(O)C2O)C(O)C(O)C1O. The molecule has 3 fully saturated rings. The Morgan fingerprint density at radius 3 is 2.00 bits per heavy atom. The summed E-state index contributed by atoms with van der Waals surface area (Å²) < 4.78 is 33.3. The van der Waals surface area contributed by atoms with Crippen LogP contribution in [0.2, 0.25) is 0 Å². The van der Waals surface area contributed by atoms with Gasteiger partial charge in [-0.25, -0.2) is 0 Å². The molecule has 0 spiro atoms. The molecule has 15 nitrogen and oxygen atoms in total. The van der Waals surface area contributed by atoms with Gasteiger partial charge < -0.3 is 74.4 Å². The highest BCUT2D eigenvalue weighted by Gasteiger charge is 2.51.